The highest BCUT2D eigenvalue weighted by molar-refractivity contribution is 6.46. The lowest BCUT2D eigenvalue weighted by Crippen LogP contribution is -2.52. The van der Waals surface area contributed by atoms with Gasteiger partial charge in [0.1, 0.15) is 11.4 Å². The van der Waals surface area contributed by atoms with Gasteiger partial charge in [0.25, 0.3) is 11.8 Å². The van der Waals surface area contributed by atoms with Crippen LogP contribution in [-0.4, -0.2) is 41.2 Å². The van der Waals surface area contributed by atoms with E-state index in [2.05, 4.69) is 12.2 Å². The number of carbonyl (C=O) groups excluding carboxylic acids is 2. The van der Waals surface area contributed by atoms with Crippen LogP contribution in [0.25, 0.3) is 0 Å². The fourth-order valence-corrected chi connectivity index (χ4v) is 3.84. The molecule has 0 unspecified atom stereocenters. The Bertz CT molecular complexity index is 968. The predicted octanol–water partition coefficient (Wildman–Crippen LogP) is 3.16. The molecule has 0 atom stereocenters. The van der Waals surface area contributed by atoms with Crippen molar-refractivity contribution >= 4 is 17.5 Å². The summed E-state index contributed by atoms with van der Waals surface area (Å²) in [6, 6.07) is 13.6. The molecule has 0 aliphatic carbocycles. The number of nitrogens with zero attached hydrogens (tertiary/aromatic N) is 2. The van der Waals surface area contributed by atoms with E-state index < -0.39 is 5.66 Å². The average Bonchev–Trinajstić information content (AvgIpc) is 3.00. The Labute approximate surface area is 165 Å². The minimum absolute atomic E-state index is 0.0394. The first-order valence-corrected chi connectivity index (χ1v) is 9.73. The highest BCUT2D eigenvalue weighted by Crippen LogP contribution is 2.30. The van der Waals surface area contributed by atoms with Crippen LogP contribution < -0.4 is 5.32 Å². The second-order valence-corrected chi connectivity index (χ2v) is 7.90. The topological polar surface area (TPSA) is 61.8 Å². The first-order chi connectivity index (χ1) is 13.4. The lowest BCUT2D eigenvalue weighted by molar-refractivity contribution is -0.115. The van der Waals surface area contributed by atoms with E-state index in [4.69, 9.17) is 4.99 Å². The van der Waals surface area contributed by atoms with E-state index in [9.17, 15) is 9.59 Å². The smallest absolute Gasteiger partial charge is 0.272 e. The number of likely N-dealkylation sites (tertiary alicyclic amines) is 1. The summed E-state index contributed by atoms with van der Waals surface area (Å²) in [7, 11) is 0. The Morgan fingerprint density at radius 1 is 1.00 bits per heavy atom. The summed E-state index contributed by atoms with van der Waals surface area (Å²) in [5.74, 6) is -0.0842. The summed E-state index contributed by atoms with van der Waals surface area (Å²) in [4.78, 5) is 32.0. The molecule has 0 radical (unpaired) electrons. The van der Waals surface area contributed by atoms with Gasteiger partial charge >= 0.3 is 0 Å². The van der Waals surface area contributed by atoms with Gasteiger partial charge in [-0.25, -0.2) is 0 Å². The molecular formula is C23H25N3O2. The maximum Gasteiger partial charge on any atom is 0.272 e. The first-order valence-electron chi connectivity index (χ1n) is 9.73. The number of hydrogen-bond donors (Lipinski definition) is 1. The lowest BCUT2D eigenvalue weighted by Gasteiger charge is -2.37. The monoisotopic (exact) mass is 375 g/mol. The van der Waals surface area contributed by atoms with Crippen LogP contribution in [0.1, 0.15) is 45.5 Å². The second-order valence-electron chi connectivity index (χ2n) is 7.90. The van der Waals surface area contributed by atoms with E-state index in [0.29, 0.717) is 37.2 Å². The fraction of sp³-hybridized carbons (Fsp3) is 0.348. The number of hydrogen-bond acceptors (Lipinski definition) is 3. The highest BCUT2D eigenvalue weighted by atomic mass is 16.2. The van der Waals surface area contributed by atoms with Gasteiger partial charge < -0.3 is 10.2 Å². The molecule has 4 rings (SSSR count). The largest absolute Gasteiger partial charge is 0.338 e. The van der Waals surface area contributed by atoms with Crippen molar-refractivity contribution in [3.8, 4) is 0 Å². The maximum absolute atomic E-state index is 12.7. The van der Waals surface area contributed by atoms with Crippen molar-refractivity contribution in [3.63, 3.8) is 0 Å². The van der Waals surface area contributed by atoms with Gasteiger partial charge in [-0.1, -0.05) is 29.8 Å². The number of piperidine rings is 1. The quantitative estimate of drug-likeness (QED) is 0.876. The molecule has 144 valence electrons. The van der Waals surface area contributed by atoms with Gasteiger partial charge in [-0.05, 0) is 50.1 Å². The Kier molecular flexibility index (Phi) is 4.53. The third kappa shape index (κ3) is 3.33. The van der Waals surface area contributed by atoms with Crippen LogP contribution in [0.2, 0.25) is 0 Å². The zero-order valence-corrected chi connectivity index (χ0v) is 16.6. The number of aliphatic imine (C=N–C) groups is 1. The van der Waals surface area contributed by atoms with Crippen molar-refractivity contribution in [3.05, 3.63) is 70.3 Å². The van der Waals surface area contributed by atoms with Crippen LogP contribution in [0.4, 0.5) is 0 Å². The van der Waals surface area contributed by atoms with Crippen LogP contribution in [0.3, 0.4) is 0 Å². The summed E-state index contributed by atoms with van der Waals surface area (Å²) < 4.78 is 0. The molecule has 0 aromatic heterocycles. The van der Waals surface area contributed by atoms with E-state index in [-0.39, 0.29) is 11.8 Å². The molecule has 1 fully saturated rings. The van der Waals surface area contributed by atoms with Crippen molar-refractivity contribution in [2.45, 2.75) is 39.3 Å². The minimum Gasteiger partial charge on any atom is -0.338 e. The van der Waals surface area contributed by atoms with E-state index in [0.717, 1.165) is 16.7 Å². The first kappa shape index (κ1) is 18.4. The van der Waals surface area contributed by atoms with Crippen LogP contribution in [-0.2, 0) is 4.79 Å². The average molecular weight is 375 g/mol. The standard InChI is InChI=1S/C23H25N3O2/c1-15-4-7-18(8-5-15)22(28)26-12-10-23(11-13-26)24-20(21(27)25-23)19-9-6-16(2)17(3)14-19/h4-9,14H,10-13H2,1-3H3,(H,25,27). The van der Waals surface area contributed by atoms with Crippen molar-refractivity contribution in [1.29, 1.82) is 0 Å². The van der Waals surface area contributed by atoms with E-state index in [1.165, 1.54) is 5.56 Å². The summed E-state index contributed by atoms with van der Waals surface area (Å²) in [5.41, 5.74) is 4.95. The SMILES string of the molecule is Cc1ccc(C(=O)N2CCC3(CC2)N=C(c2ccc(C)c(C)c2)C(=O)N3)cc1. The third-order valence-electron chi connectivity index (χ3n) is 5.84. The molecule has 5 heteroatoms. The summed E-state index contributed by atoms with van der Waals surface area (Å²) in [5, 5.41) is 3.08. The summed E-state index contributed by atoms with van der Waals surface area (Å²) in [6.07, 6.45) is 1.26. The second kappa shape index (κ2) is 6.89. The van der Waals surface area contributed by atoms with Gasteiger partial charge in [0.15, 0.2) is 0 Å². The van der Waals surface area contributed by atoms with Crippen molar-refractivity contribution in [1.82, 2.24) is 10.2 Å². The van der Waals surface area contributed by atoms with E-state index >= 15 is 0 Å². The van der Waals surface area contributed by atoms with Gasteiger partial charge in [-0.3, -0.25) is 14.6 Å². The van der Waals surface area contributed by atoms with E-state index in [1.54, 1.807) is 0 Å². The molecular weight excluding hydrogens is 350 g/mol. The number of nitrogens with one attached hydrogen (secondary N) is 1. The Morgan fingerprint density at radius 2 is 1.68 bits per heavy atom. The molecule has 2 amide bonds. The zero-order valence-electron chi connectivity index (χ0n) is 16.6. The molecule has 0 saturated carbocycles. The molecule has 2 heterocycles. The predicted molar refractivity (Wildman–Crippen MR) is 110 cm³/mol. The molecule has 0 bridgehead atoms. The molecule has 2 aliphatic rings. The van der Waals surface area contributed by atoms with Crippen LogP contribution >= 0.6 is 0 Å². The number of carbonyl (C=O) groups is 2. The zero-order chi connectivity index (χ0) is 19.9. The summed E-state index contributed by atoms with van der Waals surface area (Å²) >= 11 is 0. The Morgan fingerprint density at radius 3 is 2.32 bits per heavy atom. The molecule has 28 heavy (non-hydrogen) atoms. The number of benzene rings is 2. The van der Waals surface area contributed by atoms with Crippen molar-refractivity contribution in [2.24, 2.45) is 4.99 Å². The van der Waals surface area contributed by atoms with Gasteiger partial charge in [-0.15, -0.1) is 0 Å². The van der Waals surface area contributed by atoms with Crippen LogP contribution in [0.15, 0.2) is 47.5 Å². The minimum atomic E-state index is -0.588. The highest BCUT2D eigenvalue weighted by Gasteiger charge is 2.42. The normalized spacial score (nSPS) is 18.2. The fourth-order valence-electron chi connectivity index (χ4n) is 3.84. The van der Waals surface area contributed by atoms with Crippen molar-refractivity contribution < 1.29 is 9.59 Å². The van der Waals surface area contributed by atoms with Gasteiger partial charge in [0, 0.05) is 37.1 Å². The van der Waals surface area contributed by atoms with Crippen LogP contribution in [0.5, 0.6) is 0 Å². The van der Waals surface area contributed by atoms with Gasteiger partial charge in [-0.2, -0.15) is 0 Å². The maximum atomic E-state index is 12.7. The molecule has 2 aliphatic heterocycles. The number of amides is 2. The molecule has 2 aromatic carbocycles. The number of aryl methyl sites for hydroxylation is 3. The van der Waals surface area contributed by atoms with Crippen molar-refractivity contribution in [2.75, 3.05) is 13.1 Å². The third-order valence-corrected chi connectivity index (χ3v) is 5.84. The van der Waals surface area contributed by atoms with Crippen LogP contribution in [0, 0.1) is 20.8 Å². The van der Waals surface area contributed by atoms with Gasteiger partial charge in [0.2, 0.25) is 0 Å². The molecule has 1 spiro atoms. The van der Waals surface area contributed by atoms with Gasteiger partial charge in [0.05, 0.1) is 0 Å². The van der Waals surface area contributed by atoms with E-state index in [1.807, 2.05) is 61.2 Å². The lowest BCUT2D eigenvalue weighted by atomic mass is 9.97. The molecule has 1 N–H and O–H groups in total. The molecule has 5 nitrogen and oxygen atoms in total. The number of rotatable bonds is 2. The molecule has 1 saturated heterocycles. The Hall–Kier alpha value is -2.95. The summed E-state index contributed by atoms with van der Waals surface area (Å²) in [6.45, 7) is 7.26. The Balaban J connectivity index is 1.50. The molecule has 2 aromatic rings.